The van der Waals surface area contributed by atoms with Gasteiger partial charge in [0.25, 0.3) is 0 Å². The Labute approximate surface area is 132 Å². The van der Waals surface area contributed by atoms with Crippen molar-refractivity contribution in [2.24, 2.45) is 0 Å². The van der Waals surface area contributed by atoms with E-state index in [0.717, 1.165) is 28.4 Å². The van der Waals surface area contributed by atoms with Gasteiger partial charge < -0.3 is 4.74 Å². The van der Waals surface area contributed by atoms with E-state index in [2.05, 4.69) is 11.9 Å². The zero-order valence-corrected chi connectivity index (χ0v) is 14.3. The Morgan fingerprint density at radius 3 is 2.71 bits per heavy atom. The van der Waals surface area contributed by atoms with E-state index < -0.39 is 10.8 Å². The van der Waals surface area contributed by atoms with Gasteiger partial charge in [-0.1, -0.05) is 25.1 Å². The van der Waals surface area contributed by atoms with Gasteiger partial charge in [0, 0.05) is 21.7 Å². The van der Waals surface area contributed by atoms with Gasteiger partial charge in [-0.3, -0.25) is 4.21 Å². The summed E-state index contributed by atoms with van der Waals surface area (Å²) in [6.45, 7) is 6.07. The van der Waals surface area contributed by atoms with Crippen molar-refractivity contribution in [3.8, 4) is 5.75 Å². The number of aryl methyl sites for hydroxylation is 1. The number of nitrogens with zero attached hydrogens (tertiary/aromatic N) is 1. The van der Waals surface area contributed by atoms with Crippen LogP contribution in [0.3, 0.4) is 0 Å². The van der Waals surface area contributed by atoms with Gasteiger partial charge in [-0.05, 0) is 26.3 Å². The maximum absolute atomic E-state index is 12.3. The summed E-state index contributed by atoms with van der Waals surface area (Å²) in [6.07, 6.45) is 1.05. The van der Waals surface area contributed by atoms with Gasteiger partial charge in [0.15, 0.2) is 0 Å². The molecule has 2 rings (SSSR count). The molecule has 5 heteroatoms. The van der Waals surface area contributed by atoms with Gasteiger partial charge >= 0.3 is 0 Å². The molecule has 0 N–H and O–H groups in total. The fourth-order valence-corrected chi connectivity index (χ4v) is 3.97. The molecule has 1 aromatic heterocycles. The number of hydrogen-bond donors (Lipinski definition) is 0. The average Bonchev–Trinajstić information content (AvgIpc) is 2.88. The molecule has 2 aromatic rings. The minimum absolute atomic E-state index is 0.116. The minimum atomic E-state index is -0.972. The third kappa shape index (κ3) is 4.93. The molecule has 1 aromatic carbocycles. The molecule has 0 amide bonds. The minimum Gasteiger partial charge on any atom is -0.491 e. The standard InChI is InChI=1S/C16H21NO2S2/c1-4-16-17-14(9-20-16)11-21(18)10-13-7-5-6-8-15(13)19-12(2)3/h5-9,12H,4,10-11H2,1-3H3. The lowest BCUT2D eigenvalue weighted by atomic mass is 10.2. The molecule has 3 nitrogen and oxygen atoms in total. The van der Waals surface area contributed by atoms with Crippen molar-refractivity contribution in [1.29, 1.82) is 0 Å². The van der Waals surface area contributed by atoms with Gasteiger partial charge in [0.2, 0.25) is 0 Å². The predicted octanol–water partition coefficient (Wildman–Crippen LogP) is 3.94. The van der Waals surface area contributed by atoms with E-state index in [9.17, 15) is 4.21 Å². The Bertz CT molecular complexity index is 608. The average molecular weight is 323 g/mol. The summed E-state index contributed by atoms with van der Waals surface area (Å²) >= 11 is 1.64. The van der Waals surface area contributed by atoms with Crippen LogP contribution in [0.4, 0.5) is 0 Å². The molecule has 1 heterocycles. The molecular weight excluding hydrogens is 302 g/mol. The highest BCUT2D eigenvalue weighted by molar-refractivity contribution is 7.83. The summed E-state index contributed by atoms with van der Waals surface area (Å²) in [5.74, 6) is 1.84. The third-order valence-electron chi connectivity index (χ3n) is 2.86. The zero-order valence-electron chi connectivity index (χ0n) is 12.7. The molecule has 1 atom stereocenters. The van der Waals surface area contributed by atoms with Crippen LogP contribution < -0.4 is 4.74 Å². The SMILES string of the molecule is CCc1nc(CS(=O)Cc2ccccc2OC(C)C)cs1. The molecule has 114 valence electrons. The van der Waals surface area contributed by atoms with Gasteiger partial charge in [0.1, 0.15) is 5.75 Å². The van der Waals surface area contributed by atoms with Crippen LogP contribution in [-0.4, -0.2) is 15.3 Å². The van der Waals surface area contributed by atoms with E-state index in [-0.39, 0.29) is 6.10 Å². The monoisotopic (exact) mass is 323 g/mol. The first-order valence-electron chi connectivity index (χ1n) is 7.11. The van der Waals surface area contributed by atoms with Crippen molar-refractivity contribution in [2.75, 3.05) is 0 Å². The van der Waals surface area contributed by atoms with Crippen molar-refractivity contribution in [3.63, 3.8) is 0 Å². The number of aromatic nitrogens is 1. The third-order valence-corrected chi connectivity index (χ3v) is 5.16. The molecule has 0 radical (unpaired) electrons. The summed E-state index contributed by atoms with van der Waals surface area (Å²) in [5, 5.41) is 3.11. The highest BCUT2D eigenvalue weighted by Crippen LogP contribution is 2.22. The van der Waals surface area contributed by atoms with Crippen LogP contribution in [0.1, 0.15) is 37.0 Å². The molecule has 0 aliphatic heterocycles. The first kappa shape index (κ1) is 16.2. The number of benzene rings is 1. The molecule has 0 saturated carbocycles. The van der Waals surface area contributed by atoms with Crippen molar-refractivity contribution >= 4 is 22.1 Å². The highest BCUT2D eigenvalue weighted by atomic mass is 32.2. The molecule has 0 saturated heterocycles. The van der Waals surface area contributed by atoms with E-state index in [1.54, 1.807) is 11.3 Å². The molecule has 1 unspecified atom stereocenters. The van der Waals surface area contributed by atoms with Crippen LogP contribution in [0.2, 0.25) is 0 Å². The van der Waals surface area contributed by atoms with Crippen molar-refractivity contribution in [2.45, 2.75) is 44.8 Å². The Hall–Kier alpha value is -1.20. The Kier molecular flexibility index (Phi) is 5.94. The smallest absolute Gasteiger partial charge is 0.123 e. The largest absolute Gasteiger partial charge is 0.491 e. The molecule has 0 spiro atoms. The van der Waals surface area contributed by atoms with Gasteiger partial charge in [-0.2, -0.15) is 0 Å². The normalized spacial score (nSPS) is 12.6. The predicted molar refractivity (Wildman–Crippen MR) is 89.2 cm³/mol. The van der Waals surface area contributed by atoms with E-state index in [1.807, 2.05) is 43.5 Å². The Balaban J connectivity index is 2.02. The molecule has 0 bridgehead atoms. The maximum atomic E-state index is 12.3. The molecule has 0 fully saturated rings. The summed E-state index contributed by atoms with van der Waals surface area (Å²) < 4.78 is 18.1. The summed E-state index contributed by atoms with van der Waals surface area (Å²) in [5.41, 5.74) is 1.92. The number of para-hydroxylation sites is 1. The van der Waals surface area contributed by atoms with E-state index in [0.29, 0.717) is 11.5 Å². The highest BCUT2D eigenvalue weighted by Gasteiger charge is 2.11. The number of rotatable bonds is 7. The second-order valence-corrected chi connectivity index (χ2v) is 7.49. The summed E-state index contributed by atoms with van der Waals surface area (Å²) in [6, 6.07) is 7.81. The topological polar surface area (TPSA) is 39.2 Å². The van der Waals surface area contributed by atoms with Crippen LogP contribution in [-0.2, 0) is 28.7 Å². The molecule has 0 aliphatic rings. The first-order chi connectivity index (χ1) is 10.1. The van der Waals surface area contributed by atoms with Crippen LogP contribution >= 0.6 is 11.3 Å². The van der Waals surface area contributed by atoms with Gasteiger partial charge in [-0.15, -0.1) is 11.3 Å². The quantitative estimate of drug-likeness (QED) is 0.774. The fraction of sp³-hybridized carbons (Fsp3) is 0.438. The first-order valence-corrected chi connectivity index (χ1v) is 9.48. The zero-order chi connectivity index (χ0) is 15.2. The van der Waals surface area contributed by atoms with Crippen molar-refractivity contribution in [1.82, 2.24) is 4.98 Å². The fourth-order valence-electron chi connectivity index (χ4n) is 1.96. The lowest BCUT2D eigenvalue weighted by molar-refractivity contribution is 0.240. The Morgan fingerprint density at radius 1 is 1.29 bits per heavy atom. The molecular formula is C16H21NO2S2. The van der Waals surface area contributed by atoms with Crippen LogP contribution in [0.15, 0.2) is 29.6 Å². The summed E-state index contributed by atoms with van der Waals surface area (Å²) in [7, 11) is -0.972. The lowest BCUT2D eigenvalue weighted by Crippen LogP contribution is -2.09. The van der Waals surface area contributed by atoms with E-state index in [1.165, 1.54) is 0 Å². The second-order valence-electron chi connectivity index (χ2n) is 5.09. The maximum Gasteiger partial charge on any atom is 0.123 e. The van der Waals surface area contributed by atoms with Crippen LogP contribution in [0.5, 0.6) is 5.75 Å². The van der Waals surface area contributed by atoms with Gasteiger partial charge in [0.05, 0.1) is 28.3 Å². The summed E-state index contributed by atoms with van der Waals surface area (Å²) in [4.78, 5) is 4.48. The Morgan fingerprint density at radius 2 is 2.05 bits per heavy atom. The number of hydrogen-bond acceptors (Lipinski definition) is 4. The number of ether oxygens (including phenoxy) is 1. The van der Waals surface area contributed by atoms with Crippen molar-refractivity contribution < 1.29 is 8.95 Å². The molecule has 21 heavy (non-hydrogen) atoms. The van der Waals surface area contributed by atoms with Crippen LogP contribution in [0, 0.1) is 0 Å². The number of thiazole rings is 1. The van der Waals surface area contributed by atoms with Crippen molar-refractivity contribution in [3.05, 3.63) is 45.9 Å². The second kappa shape index (κ2) is 7.71. The lowest BCUT2D eigenvalue weighted by Gasteiger charge is -2.13. The van der Waals surface area contributed by atoms with E-state index in [4.69, 9.17) is 4.74 Å². The molecule has 0 aliphatic carbocycles. The van der Waals surface area contributed by atoms with Gasteiger partial charge in [-0.25, -0.2) is 4.98 Å². The van der Waals surface area contributed by atoms with Crippen LogP contribution in [0.25, 0.3) is 0 Å². The van der Waals surface area contributed by atoms with E-state index >= 15 is 0 Å².